The van der Waals surface area contributed by atoms with Crippen LogP contribution in [0.15, 0.2) is 36.4 Å². The van der Waals surface area contributed by atoms with Crippen molar-refractivity contribution in [1.29, 1.82) is 0 Å². The summed E-state index contributed by atoms with van der Waals surface area (Å²) < 4.78 is 38.7. The van der Waals surface area contributed by atoms with E-state index in [1.54, 1.807) is 38.2 Å². The first kappa shape index (κ1) is 24.6. The van der Waals surface area contributed by atoms with Crippen LogP contribution in [0, 0.1) is 11.6 Å². The van der Waals surface area contributed by atoms with Crippen LogP contribution in [0.3, 0.4) is 0 Å². The van der Waals surface area contributed by atoms with Crippen molar-refractivity contribution in [2.24, 2.45) is 0 Å². The predicted molar refractivity (Wildman–Crippen MR) is 123 cm³/mol. The molecule has 1 saturated heterocycles. The Morgan fingerprint density at radius 2 is 1.89 bits per heavy atom. The van der Waals surface area contributed by atoms with E-state index in [2.05, 4.69) is 5.32 Å². The van der Waals surface area contributed by atoms with Gasteiger partial charge in [-0.25, -0.2) is 8.78 Å². The molecule has 2 aromatic rings. The molecule has 8 nitrogen and oxygen atoms in total. The van der Waals surface area contributed by atoms with Crippen LogP contribution in [0.1, 0.15) is 40.0 Å². The molecule has 2 aliphatic heterocycles. The lowest BCUT2D eigenvalue weighted by molar-refractivity contribution is -0.140. The molecule has 2 aliphatic rings. The fraction of sp³-hybridized carbons (Fsp3) is 0.400. The minimum atomic E-state index is -1.13. The third-order valence-electron chi connectivity index (χ3n) is 6.35. The lowest BCUT2D eigenvalue weighted by Gasteiger charge is -2.42. The van der Waals surface area contributed by atoms with Crippen LogP contribution in [0.5, 0.6) is 5.75 Å². The normalized spacial score (nSPS) is 21.7. The van der Waals surface area contributed by atoms with E-state index in [4.69, 9.17) is 9.47 Å². The van der Waals surface area contributed by atoms with Gasteiger partial charge >= 0.3 is 0 Å². The molecule has 186 valence electrons. The molecule has 2 heterocycles. The molecule has 3 atom stereocenters. The van der Waals surface area contributed by atoms with Gasteiger partial charge in [-0.3, -0.25) is 14.4 Å². The van der Waals surface area contributed by atoms with Crippen molar-refractivity contribution in [1.82, 2.24) is 9.80 Å². The summed E-state index contributed by atoms with van der Waals surface area (Å²) >= 11 is 0. The highest BCUT2D eigenvalue weighted by atomic mass is 19.2. The van der Waals surface area contributed by atoms with E-state index in [-0.39, 0.29) is 48.1 Å². The van der Waals surface area contributed by atoms with Gasteiger partial charge in [0.25, 0.3) is 11.8 Å². The highest BCUT2D eigenvalue weighted by molar-refractivity contribution is 6.05. The van der Waals surface area contributed by atoms with E-state index >= 15 is 0 Å². The van der Waals surface area contributed by atoms with E-state index in [1.165, 1.54) is 17.0 Å². The number of carbonyl (C=O) groups is 3. The summed E-state index contributed by atoms with van der Waals surface area (Å²) in [5.41, 5.74) is 0.516. The number of carbonyl (C=O) groups excluding carboxylic acids is 3. The molecule has 0 bridgehead atoms. The second-order valence-electron chi connectivity index (χ2n) is 8.95. The monoisotopic (exact) mass is 487 g/mol. The van der Waals surface area contributed by atoms with Gasteiger partial charge in [-0.05, 0) is 49.2 Å². The first-order valence-electron chi connectivity index (χ1n) is 11.3. The summed E-state index contributed by atoms with van der Waals surface area (Å²) in [6.45, 7) is 0.197. The summed E-state index contributed by atoms with van der Waals surface area (Å²) in [6.07, 6.45) is 0.925. The SMILES string of the molecule is CN(C)C(=O)C[C@H]1CC[C@H]2[C@@H](COc3ccc(NC(=O)c4ccc(F)c(F)c4)cc3C(=O)N2C)O1. The van der Waals surface area contributed by atoms with E-state index < -0.39 is 23.6 Å². The van der Waals surface area contributed by atoms with Crippen LogP contribution in [0.25, 0.3) is 0 Å². The zero-order valence-electron chi connectivity index (χ0n) is 19.7. The number of halogens is 2. The topological polar surface area (TPSA) is 88.2 Å². The minimum absolute atomic E-state index is 0.0204. The molecule has 4 rings (SSSR count). The molecule has 3 amide bonds. The lowest BCUT2D eigenvalue weighted by atomic mass is 9.94. The summed E-state index contributed by atoms with van der Waals surface area (Å²) in [5.74, 6) is -2.80. The van der Waals surface area contributed by atoms with Crippen LogP contribution in [-0.2, 0) is 9.53 Å². The van der Waals surface area contributed by atoms with Gasteiger partial charge in [0.2, 0.25) is 5.91 Å². The predicted octanol–water partition coefficient (Wildman–Crippen LogP) is 3.08. The molecule has 0 aromatic heterocycles. The third-order valence-corrected chi connectivity index (χ3v) is 6.35. The molecule has 0 unspecified atom stereocenters. The number of nitrogens with zero attached hydrogens (tertiary/aromatic N) is 2. The summed E-state index contributed by atoms with van der Waals surface area (Å²) in [7, 11) is 5.09. The number of likely N-dealkylation sites (N-methyl/N-ethyl adjacent to an activating group) is 1. The summed E-state index contributed by atoms with van der Waals surface area (Å²) in [4.78, 5) is 41.0. The van der Waals surface area contributed by atoms with Gasteiger partial charge in [-0.2, -0.15) is 0 Å². The molecular formula is C25H27F2N3O5. The molecule has 35 heavy (non-hydrogen) atoms. The zero-order valence-corrected chi connectivity index (χ0v) is 19.7. The number of hydrogen-bond donors (Lipinski definition) is 1. The van der Waals surface area contributed by atoms with Crippen LogP contribution in [-0.4, -0.2) is 73.5 Å². The van der Waals surface area contributed by atoms with E-state index in [1.807, 2.05) is 0 Å². The molecule has 0 radical (unpaired) electrons. The lowest BCUT2D eigenvalue weighted by Crippen LogP contribution is -2.53. The Bertz CT molecular complexity index is 1160. The van der Waals surface area contributed by atoms with E-state index in [0.717, 1.165) is 12.1 Å². The van der Waals surface area contributed by atoms with Gasteiger partial charge in [0.15, 0.2) is 11.6 Å². The number of nitrogens with one attached hydrogen (secondary N) is 1. The fourth-order valence-electron chi connectivity index (χ4n) is 4.32. The van der Waals surface area contributed by atoms with Crippen molar-refractivity contribution < 1.29 is 32.6 Å². The highest BCUT2D eigenvalue weighted by Crippen LogP contribution is 2.32. The third kappa shape index (κ3) is 5.27. The average Bonchev–Trinajstić information content (AvgIpc) is 2.83. The Hall–Kier alpha value is -3.53. The first-order chi connectivity index (χ1) is 16.6. The average molecular weight is 488 g/mol. The maximum absolute atomic E-state index is 13.5. The number of rotatable bonds is 4. The second-order valence-corrected chi connectivity index (χ2v) is 8.95. The Balaban J connectivity index is 1.50. The molecule has 10 heteroatoms. The Kier molecular flexibility index (Phi) is 7.02. The van der Waals surface area contributed by atoms with Gasteiger partial charge in [-0.15, -0.1) is 0 Å². The quantitative estimate of drug-likeness (QED) is 0.716. The molecule has 0 spiro atoms. The number of benzene rings is 2. The van der Waals surface area contributed by atoms with Crippen LogP contribution >= 0.6 is 0 Å². The van der Waals surface area contributed by atoms with Gasteiger partial charge in [0.1, 0.15) is 18.5 Å². The van der Waals surface area contributed by atoms with Gasteiger partial charge in [-0.1, -0.05) is 0 Å². The maximum atomic E-state index is 13.5. The maximum Gasteiger partial charge on any atom is 0.257 e. The van der Waals surface area contributed by atoms with Crippen LogP contribution in [0.4, 0.5) is 14.5 Å². The number of hydrogen-bond acceptors (Lipinski definition) is 5. The van der Waals surface area contributed by atoms with Gasteiger partial charge < -0.3 is 24.6 Å². The Morgan fingerprint density at radius 1 is 1.11 bits per heavy atom. The number of amides is 3. The van der Waals surface area contributed by atoms with E-state index in [9.17, 15) is 23.2 Å². The first-order valence-corrected chi connectivity index (χ1v) is 11.3. The van der Waals surface area contributed by atoms with Gasteiger partial charge in [0, 0.05) is 32.4 Å². The van der Waals surface area contributed by atoms with Crippen molar-refractivity contribution in [2.45, 2.75) is 37.5 Å². The molecule has 0 saturated carbocycles. The fourth-order valence-corrected chi connectivity index (χ4v) is 4.32. The van der Waals surface area contributed by atoms with Crippen molar-refractivity contribution in [3.63, 3.8) is 0 Å². The summed E-state index contributed by atoms with van der Waals surface area (Å²) in [6, 6.07) is 7.24. The number of fused-ring (bicyclic) bond motifs is 2. The van der Waals surface area contributed by atoms with Crippen molar-refractivity contribution >= 4 is 23.4 Å². The second kappa shape index (κ2) is 9.99. The van der Waals surface area contributed by atoms with Crippen molar-refractivity contribution in [3.05, 3.63) is 59.2 Å². The van der Waals surface area contributed by atoms with E-state index in [0.29, 0.717) is 24.3 Å². The van der Waals surface area contributed by atoms with Crippen molar-refractivity contribution in [3.8, 4) is 5.75 Å². The van der Waals surface area contributed by atoms with Gasteiger partial charge in [0.05, 0.1) is 24.1 Å². The summed E-state index contributed by atoms with van der Waals surface area (Å²) in [5, 5.41) is 2.60. The molecule has 1 fully saturated rings. The molecular weight excluding hydrogens is 460 g/mol. The minimum Gasteiger partial charge on any atom is -0.490 e. The number of ether oxygens (including phenoxy) is 2. The number of anilines is 1. The van der Waals surface area contributed by atoms with Crippen molar-refractivity contribution in [2.75, 3.05) is 33.1 Å². The van der Waals surface area contributed by atoms with Crippen LogP contribution in [0.2, 0.25) is 0 Å². The molecule has 0 aliphatic carbocycles. The Labute approximate surface area is 201 Å². The largest absolute Gasteiger partial charge is 0.490 e. The molecule has 1 N–H and O–H groups in total. The highest BCUT2D eigenvalue weighted by Gasteiger charge is 2.39. The standard InChI is InChI=1S/C25H27F2N3O5/c1-29(2)23(31)12-16-6-8-20-22(35-16)13-34-21-9-5-15(11-17(21)25(33)30(20)3)28-24(32)14-4-7-18(26)19(27)10-14/h4-5,7,9-11,16,20,22H,6,8,12-13H2,1-3H3,(H,28,32)/t16-,20+,22-/m1/s1. The smallest absolute Gasteiger partial charge is 0.257 e. The Morgan fingerprint density at radius 3 is 2.60 bits per heavy atom. The van der Waals surface area contributed by atoms with Crippen LogP contribution < -0.4 is 10.1 Å². The molecule has 2 aromatic carbocycles. The zero-order chi connectivity index (χ0) is 25.3.